The molecular formula is C28H40S. The average molecular weight is 409 g/mol. The largest absolute Gasteiger partial charge is 0.140 e. The summed E-state index contributed by atoms with van der Waals surface area (Å²) in [5.74, 6) is 3.52. The Morgan fingerprint density at radius 2 is 1.52 bits per heavy atom. The van der Waals surface area contributed by atoms with Crippen molar-refractivity contribution >= 4 is 21.4 Å². The molecule has 2 aromatic rings. The number of rotatable bonds is 7. The zero-order valence-electron chi connectivity index (χ0n) is 18.7. The molecule has 1 heterocycles. The zero-order chi connectivity index (χ0) is 20.1. The fourth-order valence-electron chi connectivity index (χ4n) is 5.76. The molecule has 0 saturated heterocycles. The second-order valence-corrected chi connectivity index (χ2v) is 11.0. The van der Waals surface area contributed by atoms with E-state index < -0.39 is 0 Å². The van der Waals surface area contributed by atoms with E-state index >= 15 is 0 Å². The third-order valence-corrected chi connectivity index (χ3v) is 8.74. The molecule has 1 heteroatoms. The van der Waals surface area contributed by atoms with Crippen LogP contribution in [0, 0.1) is 17.8 Å². The van der Waals surface area contributed by atoms with E-state index in [9.17, 15) is 0 Å². The first-order valence-corrected chi connectivity index (χ1v) is 13.3. The first-order valence-electron chi connectivity index (χ1n) is 12.5. The van der Waals surface area contributed by atoms with Gasteiger partial charge >= 0.3 is 0 Å². The third-order valence-electron chi connectivity index (χ3n) is 7.58. The molecule has 2 aliphatic carbocycles. The SMILES string of the molecule is CCCc1cc2ccc(C3CCC(/C=C/C4CCC(CCC)CC4)CC3)cc2s1. The van der Waals surface area contributed by atoms with Crippen LogP contribution in [0.15, 0.2) is 36.4 Å². The van der Waals surface area contributed by atoms with Crippen molar-refractivity contribution in [3.05, 3.63) is 46.9 Å². The quantitative estimate of drug-likeness (QED) is 0.400. The van der Waals surface area contributed by atoms with Crippen LogP contribution in [0.4, 0.5) is 0 Å². The predicted molar refractivity (Wildman–Crippen MR) is 130 cm³/mol. The molecule has 0 aliphatic heterocycles. The topological polar surface area (TPSA) is 0 Å². The maximum atomic E-state index is 2.61. The van der Waals surface area contributed by atoms with Gasteiger partial charge in [-0.2, -0.15) is 0 Å². The van der Waals surface area contributed by atoms with E-state index in [2.05, 4.69) is 50.3 Å². The molecule has 0 unspecified atom stereocenters. The third kappa shape index (κ3) is 5.54. The zero-order valence-corrected chi connectivity index (χ0v) is 19.5. The number of thiophene rings is 1. The second-order valence-electron chi connectivity index (χ2n) is 9.83. The van der Waals surface area contributed by atoms with Crippen molar-refractivity contribution in [3.63, 3.8) is 0 Å². The maximum absolute atomic E-state index is 2.61. The Bertz CT molecular complexity index is 782. The summed E-state index contributed by atoms with van der Waals surface area (Å²) in [7, 11) is 0. The van der Waals surface area contributed by atoms with Crippen molar-refractivity contribution < 1.29 is 0 Å². The highest BCUT2D eigenvalue weighted by Crippen LogP contribution is 2.39. The molecule has 2 fully saturated rings. The number of benzene rings is 1. The molecule has 4 rings (SSSR count). The van der Waals surface area contributed by atoms with E-state index in [0.29, 0.717) is 0 Å². The van der Waals surface area contributed by atoms with Gasteiger partial charge in [-0.15, -0.1) is 11.3 Å². The second kappa shape index (κ2) is 10.3. The Kier molecular flexibility index (Phi) is 7.51. The maximum Gasteiger partial charge on any atom is 0.0348 e. The molecule has 29 heavy (non-hydrogen) atoms. The van der Waals surface area contributed by atoms with Crippen LogP contribution in [-0.2, 0) is 6.42 Å². The predicted octanol–water partition coefficient (Wildman–Crippen LogP) is 9.29. The van der Waals surface area contributed by atoms with Gasteiger partial charge in [0, 0.05) is 9.58 Å². The first-order chi connectivity index (χ1) is 14.2. The van der Waals surface area contributed by atoms with Crippen LogP contribution >= 0.6 is 11.3 Å². The van der Waals surface area contributed by atoms with E-state index in [1.807, 2.05) is 11.3 Å². The summed E-state index contributed by atoms with van der Waals surface area (Å²) in [4.78, 5) is 1.55. The van der Waals surface area contributed by atoms with E-state index in [1.165, 1.54) is 87.1 Å². The molecule has 0 radical (unpaired) electrons. The lowest BCUT2D eigenvalue weighted by molar-refractivity contribution is 0.292. The van der Waals surface area contributed by atoms with Gasteiger partial charge in [0.1, 0.15) is 0 Å². The van der Waals surface area contributed by atoms with Crippen LogP contribution in [0.5, 0.6) is 0 Å². The standard InChI is InChI=1S/C28H40S/c1-3-5-21-7-9-22(10-8-21)11-12-23-13-15-24(16-14-23)25-17-18-26-19-27(6-4-2)29-28(26)20-25/h11-12,17-24H,3-10,13-16H2,1-2H3/b12-11+. The molecule has 0 N–H and O–H groups in total. The van der Waals surface area contributed by atoms with E-state index in [1.54, 1.807) is 10.4 Å². The molecule has 1 aromatic heterocycles. The number of allylic oxidation sites excluding steroid dienone is 2. The van der Waals surface area contributed by atoms with Gasteiger partial charge in [0.05, 0.1) is 0 Å². The molecule has 158 valence electrons. The molecule has 0 bridgehead atoms. The van der Waals surface area contributed by atoms with Gasteiger partial charge in [0.15, 0.2) is 0 Å². The van der Waals surface area contributed by atoms with Gasteiger partial charge in [-0.3, -0.25) is 0 Å². The van der Waals surface area contributed by atoms with Crippen molar-refractivity contribution in [2.45, 2.75) is 96.8 Å². The summed E-state index contributed by atoms with van der Waals surface area (Å²) in [6.07, 6.45) is 21.9. The molecule has 0 atom stereocenters. The van der Waals surface area contributed by atoms with E-state index in [4.69, 9.17) is 0 Å². The summed E-state index contributed by atoms with van der Waals surface area (Å²) < 4.78 is 1.51. The van der Waals surface area contributed by atoms with Crippen molar-refractivity contribution in [1.29, 1.82) is 0 Å². The van der Waals surface area contributed by atoms with Gasteiger partial charge in [-0.25, -0.2) is 0 Å². The minimum Gasteiger partial charge on any atom is -0.140 e. The Morgan fingerprint density at radius 3 is 2.17 bits per heavy atom. The number of aryl methyl sites for hydroxylation is 1. The molecule has 0 spiro atoms. The highest BCUT2D eigenvalue weighted by Gasteiger charge is 2.23. The number of fused-ring (bicyclic) bond motifs is 1. The molecular weight excluding hydrogens is 368 g/mol. The Labute approximate surface area is 182 Å². The molecule has 2 saturated carbocycles. The van der Waals surface area contributed by atoms with Crippen LogP contribution in [0.25, 0.3) is 10.1 Å². The fourth-order valence-corrected chi connectivity index (χ4v) is 6.98. The van der Waals surface area contributed by atoms with Crippen LogP contribution in [-0.4, -0.2) is 0 Å². The van der Waals surface area contributed by atoms with Gasteiger partial charge in [0.25, 0.3) is 0 Å². The average Bonchev–Trinajstić information content (AvgIpc) is 3.16. The van der Waals surface area contributed by atoms with Crippen molar-refractivity contribution in [2.75, 3.05) is 0 Å². The van der Waals surface area contributed by atoms with Crippen molar-refractivity contribution in [3.8, 4) is 0 Å². The Hall–Kier alpha value is -1.08. The van der Waals surface area contributed by atoms with Crippen molar-refractivity contribution in [2.24, 2.45) is 17.8 Å². The van der Waals surface area contributed by atoms with Crippen LogP contribution in [0.2, 0.25) is 0 Å². The number of hydrogen-bond donors (Lipinski definition) is 0. The van der Waals surface area contributed by atoms with Gasteiger partial charge in [0.2, 0.25) is 0 Å². The minimum absolute atomic E-state index is 0.783. The lowest BCUT2D eigenvalue weighted by Gasteiger charge is -2.29. The van der Waals surface area contributed by atoms with Crippen LogP contribution in [0.1, 0.15) is 101 Å². The van der Waals surface area contributed by atoms with Crippen molar-refractivity contribution in [1.82, 2.24) is 0 Å². The smallest absolute Gasteiger partial charge is 0.0348 e. The normalized spacial score (nSPS) is 28.3. The van der Waals surface area contributed by atoms with Crippen LogP contribution in [0.3, 0.4) is 0 Å². The lowest BCUT2D eigenvalue weighted by atomic mass is 9.77. The van der Waals surface area contributed by atoms with Gasteiger partial charge < -0.3 is 0 Å². The summed E-state index contributed by atoms with van der Waals surface area (Å²) in [6.45, 7) is 4.62. The van der Waals surface area contributed by atoms with E-state index in [0.717, 1.165) is 23.7 Å². The van der Waals surface area contributed by atoms with Gasteiger partial charge in [-0.1, -0.05) is 57.4 Å². The summed E-state index contributed by atoms with van der Waals surface area (Å²) in [6, 6.07) is 9.71. The summed E-state index contributed by atoms with van der Waals surface area (Å²) >= 11 is 2.02. The highest BCUT2D eigenvalue weighted by molar-refractivity contribution is 7.19. The molecule has 1 aromatic carbocycles. The Morgan fingerprint density at radius 1 is 0.828 bits per heavy atom. The first kappa shape index (κ1) is 21.2. The Balaban J connectivity index is 1.27. The highest BCUT2D eigenvalue weighted by atomic mass is 32.1. The molecule has 2 aliphatic rings. The fraction of sp³-hybridized carbons (Fsp3) is 0.643. The van der Waals surface area contributed by atoms with Crippen LogP contribution < -0.4 is 0 Å². The van der Waals surface area contributed by atoms with Gasteiger partial charge in [-0.05, 0) is 105 Å². The monoisotopic (exact) mass is 408 g/mol. The van der Waals surface area contributed by atoms with E-state index in [-0.39, 0.29) is 0 Å². The minimum atomic E-state index is 0.783. The molecule has 0 amide bonds. The lowest BCUT2D eigenvalue weighted by Crippen LogP contribution is -2.14. The summed E-state index contributed by atoms with van der Waals surface area (Å²) in [5.41, 5.74) is 1.60. The molecule has 0 nitrogen and oxygen atoms in total. The number of hydrogen-bond acceptors (Lipinski definition) is 1. The summed E-state index contributed by atoms with van der Waals surface area (Å²) in [5, 5.41) is 1.45.